The highest BCUT2D eigenvalue weighted by molar-refractivity contribution is 5.81. The van der Waals surface area contributed by atoms with E-state index in [1.54, 1.807) is 32.4 Å². The third kappa shape index (κ3) is 1.43. The van der Waals surface area contributed by atoms with E-state index in [0.717, 1.165) is 10.9 Å². The van der Waals surface area contributed by atoms with Crippen LogP contribution >= 0.6 is 0 Å². The molecule has 0 spiro atoms. The predicted octanol–water partition coefficient (Wildman–Crippen LogP) is 1.42. The van der Waals surface area contributed by atoms with E-state index in [-0.39, 0.29) is 11.1 Å². The van der Waals surface area contributed by atoms with Crippen LogP contribution in [-0.2, 0) is 7.05 Å². The van der Waals surface area contributed by atoms with E-state index in [1.807, 2.05) is 12.1 Å². The van der Waals surface area contributed by atoms with Gasteiger partial charge in [0.25, 0.3) is 5.56 Å². The number of aryl methyl sites for hydroxylation is 1. The summed E-state index contributed by atoms with van der Waals surface area (Å²) in [7, 11) is 3.22. The number of methoxy groups -OCH3 is 1. The van der Waals surface area contributed by atoms with Crippen molar-refractivity contribution in [3.63, 3.8) is 0 Å². The lowest BCUT2D eigenvalue weighted by molar-refractivity contribution is 0.415. The SMILES string of the molecule is COc1ccc2cc(C#N)c(=O)n(C)c2c1. The first kappa shape index (κ1) is 10.2. The summed E-state index contributed by atoms with van der Waals surface area (Å²) >= 11 is 0. The lowest BCUT2D eigenvalue weighted by atomic mass is 10.1. The van der Waals surface area contributed by atoms with Gasteiger partial charge in [-0.15, -0.1) is 0 Å². The molecule has 80 valence electrons. The predicted molar refractivity (Wildman–Crippen MR) is 60.5 cm³/mol. The first-order valence-corrected chi connectivity index (χ1v) is 4.75. The number of nitrogens with zero attached hydrogens (tertiary/aromatic N) is 2. The van der Waals surface area contributed by atoms with Gasteiger partial charge < -0.3 is 9.30 Å². The van der Waals surface area contributed by atoms with Crippen molar-refractivity contribution in [3.8, 4) is 11.8 Å². The fourth-order valence-electron chi connectivity index (χ4n) is 1.65. The van der Waals surface area contributed by atoms with Crippen molar-refractivity contribution in [2.75, 3.05) is 7.11 Å². The zero-order valence-corrected chi connectivity index (χ0v) is 9.02. The summed E-state index contributed by atoms with van der Waals surface area (Å²) in [6.45, 7) is 0. The van der Waals surface area contributed by atoms with Crippen LogP contribution in [0, 0.1) is 11.3 Å². The second-order valence-electron chi connectivity index (χ2n) is 3.46. The average Bonchev–Trinajstić information content (AvgIpc) is 2.33. The molecule has 0 saturated heterocycles. The summed E-state index contributed by atoms with van der Waals surface area (Å²) in [5.41, 5.74) is 0.617. The second-order valence-corrected chi connectivity index (χ2v) is 3.46. The third-order valence-corrected chi connectivity index (χ3v) is 2.55. The van der Waals surface area contributed by atoms with E-state index in [4.69, 9.17) is 10.00 Å². The Morgan fingerprint density at radius 1 is 1.38 bits per heavy atom. The molecule has 16 heavy (non-hydrogen) atoms. The van der Waals surface area contributed by atoms with Gasteiger partial charge in [0.15, 0.2) is 0 Å². The molecule has 0 aliphatic rings. The Labute approximate surface area is 92.3 Å². The molecule has 0 radical (unpaired) electrons. The van der Waals surface area contributed by atoms with Gasteiger partial charge in [-0.2, -0.15) is 5.26 Å². The normalized spacial score (nSPS) is 10.1. The summed E-state index contributed by atoms with van der Waals surface area (Å²) in [5.74, 6) is 0.687. The van der Waals surface area contributed by atoms with E-state index in [2.05, 4.69) is 0 Å². The highest BCUT2D eigenvalue weighted by Crippen LogP contribution is 2.19. The molecule has 0 N–H and O–H groups in total. The highest BCUT2D eigenvalue weighted by Gasteiger charge is 2.06. The lowest BCUT2D eigenvalue weighted by Gasteiger charge is -2.07. The van der Waals surface area contributed by atoms with Crippen molar-refractivity contribution >= 4 is 10.9 Å². The van der Waals surface area contributed by atoms with Crippen LogP contribution in [0.15, 0.2) is 29.1 Å². The molecule has 0 atom stereocenters. The van der Waals surface area contributed by atoms with E-state index in [1.165, 1.54) is 4.57 Å². The first-order valence-electron chi connectivity index (χ1n) is 4.75. The van der Waals surface area contributed by atoms with E-state index < -0.39 is 0 Å². The first-order chi connectivity index (χ1) is 7.67. The summed E-state index contributed by atoms with van der Waals surface area (Å²) < 4.78 is 6.55. The molecule has 1 aromatic heterocycles. The number of aromatic nitrogens is 1. The number of ether oxygens (including phenoxy) is 1. The van der Waals surface area contributed by atoms with Crippen molar-refractivity contribution in [2.24, 2.45) is 7.05 Å². The number of nitriles is 1. The molecule has 2 aromatic rings. The van der Waals surface area contributed by atoms with Gasteiger partial charge in [-0.25, -0.2) is 0 Å². The van der Waals surface area contributed by atoms with E-state index >= 15 is 0 Å². The maximum atomic E-state index is 11.7. The lowest BCUT2D eigenvalue weighted by Crippen LogP contribution is -2.19. The molecule has 1 aromatic carbocycles. The fraction of sp³-hybridized carbons (Fsp3) is 0.167. The van der Waals surface area contributed by atoms with Gasteiger partial charge in [0, 0.05) is 18.5 Å². The molecule has 0 saturated carbocycles. The zero-order valence-electron chi connectivity index (χ0n) is 9.02. The Morgan fingerprint density at radius 2 is 2.12 bits per heavy atom. The molecule has 2 rings (SSSR count). The van der Waals surface area contributed by atoms with E-state index in [0.29, 0.717) is 5.75 Å². The second kappa shape index (κ2) is 3.70. The number of pyridine rings is 1. The molecule has 4 heteroatoms. The van der Waals surface area contributed by atoms with Crippen LogP contribution in [0.4, 0.5) is 0 Å². The summed E-state index contributed by atoms with van der Waals surface area (Å²) in [5, 5.41) is 9.66. The van der Waals surface area contributed by atoms with Gasteiger partial charge in [0.1, 0.15) is 17.4 Å². The van der Waals surface area contributed by atoms with Gasteiger partial charge in [0.2, 0.25) is 0 Å². The smallest absolute Gasteiger partial charge is 0.268 e. The van der Waals surface area contributed by atoms with Crippen molar-refractivity contribution in [3.05, 3.63) is 40.2 Å². The summed E-state index contributed by atoms with van der Waals surface area (Å²) in [6.07, 6.45) is 0. The largest absolute Gasteiger partial charge is 0.497 e. The maximum Gasteiger partial charge on any atom is 0.268 e. The van der Waals surface area contributed by atoms with Crippen LogP contribution in [0.5, 0.6) is 5.75 Å². The van der Waals surface area contributed by atoms with Crippen LogP contribution in [0.2, 0.25) is 0 Å². The minimum atomic E-state index is -0.289. The van der Waals surface area contributed by atoms with Crippen molar-refractivity contribution in [1.82, 2.24) is 4.57 Å². The Hall–Kier alpha value is -2.28. The molecule has 0 unspecified atom stereocenters. The minimum Gasteiger partial charge on any atom is -0.497 e. The van der Waals surface area contributed by atoms with Crippen LogP contribution in [-0.4, -0.2) is 11.7 Å². The van der Waals surface area contributed by atoms with Crippen LogP contribution in [0.3, 0.4) is 0 Å². The molecule has 4 nitrogen and oxygen atoms in total. The third-order valence-electron chi connectivity index (χ3n) is 2.55. The van der Waals surface area contributed by atoms with Crippen LogP contribution in [0.25, 0.3) is 10.9 Å². The monoisotopic (exact) mass is 214 g/mol. The van der Waals surface area contributed by atoms with Crippen LogP contribution < -0.4 is 10.3 Å². The van der Waals surface area contributed by atoms with Crippen molar-refractivity contribution in [2.45, 2.75) is 0 Å². The number of hydrogen-bond donors (Lipinski definition) is 0. The van der Waals surface area contributed by atoms with Gasteiger partial charge in [-0.1, -0.05) is 0 Å². The van der Waals surface area contributed by atoms with Gasteiger partial charge in [-0.05, 0) is 18.2 Å². The zero-order chi connectivity index (χ0) is 11.7. The van der Waals surface area contributed by atoms with Gasteiger partial charge in [-0.3, -0.25) is 4.79 Å². The molecular weight excluding hydrogens is 204 g/mol. The topological polar surface area (TPSA) is 55.0 Å². The molecule has 0 aliphatic carbocycles. The van der Waals surface area contributed by atoms with Crippen molar-refractivity contribution in [1.29, 1.82) is 5.26 Å². The van der Waals surface area contributed by atoms with E-state index in [9.17, 15) is 4.79 Å². The molecular formula is C12H10N2O2. The minimum absolute atomic E-state index is 0.153. The van der Waals surface area contributed by atoms with Gasteiger partial charge >= 0.3 is 0 Å². The molecule has 0 aliphatic heterocycles. The fourth-order valence-corrected chi connectivity index (χ4v) is 1.65. The number of rotatable bonds is 1. The molecule has 0 amide bonds. The van der Waals surface area contributed by atoms with Crippen molar-refractivity contribution < 1.29 is 4.74 Å². The molecule has 1 heterocycles. The Morgan fingerprint density at radius 3 is 2.75 bits per heavy atom. The van der Waals surface area contributed by atoms with Gasteiger partial charge in [0.05, 0.1) is 12.6 Å². The number of fused-ring (bicyclic) bond motifs is 1. The quantitative estimate of drug-likeness (QED) is 0.721. The highest BCUT2D eigenvalue weighted by atomic mass is 16.5. The summed E-state index contributed by atoms with van der Waals surface area (Å²) in [6, 6.07) is 8.89. The standard InChI is InChI=1S/C12H10N2O2/c1-14-11-6-10(16-2)4-3-8(11)5-9(7-13)12(14)15/h3-6H,1-2H3. The summed E-state index contributed by atoms with van der Waals surface area (Å²) in [4.78, 5) is 11.7. The van der Waals surface area contributed by atoms with Crippen LogP contribution in [0.1, 0.15) is 5.56 Å². The Kier molecular flexibility index (Phi) is 2.37. The number of benzene rings is 1. The Bertz CT molecular complexity index is 650. The maximum absolute atomic E-state index is 11.7. The average molecular weight is 214 g/mol. The molecule has 0 bridgehead atoms. The number of hydrogen-bond acceptors (Lipinski definition) is 3. The Balaban J connectivity index is 2.89. The molecule has 0 fully saturated rings.